The lowest BCUT2D eigenvalue weighted by atomic mass is 10.1. The second-order valence-corrected chi connectivity index (χ2v) is 3.75. The van der Waals surface area contributed by atoms with Gasteiger partial charge in [0.25, 0.3) is 5.69 Å². The monoisotopic (exact) mass is 240 g/mol. The second kappa shape index (κ2) is 3.92. The van der Waals surface area contributed by atoms with E-state index >= 15 is 0 Å². The standard InChI is InChI=1S/C12H8N4O2/c17-16(18)10-4-1-3-9(7-10)11-8-14-15-6-2-5-13-12(11)15/h1-8H. The van der Waals surface area contributed by atoms with Gasteiger partial charge in [0.05, 0.1) is 11.1 Å². The molecule has 0 bridgehead atoms. The summed E-state index contributed by atoms with van der Waals surface area (Å²) in [6.07, 6.45) is 5.10. The number of hydrogen-bond acceptors (Lipinski definition) is 4. The fourth-order valence-electron chi connectivity index (χ4n) is 1.82. The molecule has 3 rings (SSSR count). The molecule has 0 atom stereocenters. The molecule has 0 aliphatic rings. The first-order chi connectivity index (χ1) is 8.75. The SMILES string of the molecule is O=[N+]([O-])c1cccc(-c2cnn3cccnc23)c1. The van der Waals surface area contributed by atoms with Crippen molar-refractivity contribution in [1.82, 2.24) is 14.6 Å². The van der Waals surface area contributed by atoms with E-state index in [1.165, 1.54) is 12.1 Å². The lowest BCUT2D eigenvalue weighted by molar-refractivity contribution is -0.384. The molecule has 6 nitrogen and oxygen atoms in total. The van der Waals surface area contributed by atoms with Crippen LogP contribution in [0.15, 0.2) is 48.9 Å². The lowest BCUT2D eigenvalue weighted by Gasteiger charge is -1.98. The molecule has 0 fully saturated rings. The van der Waals surface area contributed by atoms with Crippen molar-refractivity contribution in [3.63, 3.8) is 0 Å². The van der Waals surface area contributed by atoms with Crippen LogP contribution in [0.4, 0.5) is 5.69 Å². The van der Waals surface area contributed by atoms with Crippen LogP contribution >= 0.6 is 0 Å². The van der Waals surface area contributed by atoms with Crippen LogP contribution in [-0.2, 0) is 0 Å². The van der Waals surface area contributed by atoms with Crippen LogP contribution in [0.5, 0.6) is 0 Å². The van der Waals surface area contributed by atoms with Gasteiger partial charge in [-0.05, 0) is 11.6 Å². The summed E-state index contributed by atoms with van der Waals surface area (Å²) in [5, 5.41) is 14.9. The predicted octanol–water partition coefficient (Wildman–Crippen LogP) is 2.30. The molecular formula is C12H8N4O2. The zero-order chi connectivity index (χ0) is 12.5. The molecule has 0 radical (unpaired) electrons. The van der Waals surface area contributed by atoms with Gasteiger partial charge in [0.2, 0.25) is 0 Å². The van der Waals surface area contributed by atoms with E-state index in [1.54, 1.807) is 41.3 Å². The van der Waals surface area contributed by atoms with Crippen molar-refractivity contribution >= 4 is 11.3 Å². The Morgan fingerprint density at radius 2 is 2.17 bits per heavy atom. The van der Waals surface area contributed by atoms with Gasteiger partial charge in [-0.3, -0.25) is 10.1 Å². The molecule has 6 heteroatoms. The van der Waals surface area contributed by atoms with Crippen LogP contribution in [-0.4, -0.2) is 19.5 Å². The van der Waals surface area contributed by atoms with Crippen molar-refractivity contribution in [1.29, 1.82) is 0 Å². The van der Waals surface area contributed by atoms with E-state index in [1.807, 2.05) is 0 Å². The van der Waals surface area contributed by atoms with Crippen LogP contribution < -0.4 is 0 Å². The van der Waals surface area contributed by atoms with E-state index in [0.717, 1.165) is 11.1 Å². The molecule has 0 unspecified atom stereocenters. The highest BCUT2D eigenvalue weighted by molar-refractivity contribution is 5.77. The molecule has 0 N–H and O–H groups in total. The van der Waals surface area contributed by atoms with E-state index in [-0.39, 0.29) is 5.69 Å². The molecule has 0 saturated heterocycles. The first-order valence-corrected chi connectivity index (χ1v) is 5.29. The highest BCUT2D eigenvalue weighted by Gasteiger charge is 2.11. The Morgan fingerprint density at radius 3 is 3.00 bits per heavy atom. The number of benzene rings is 1. The zero-order valence-electron chi connectivity index (χ0n) is 9.22. The number of nitro groups is 1. The van der Waals surface area contributed by atoms with Gasteiger partial charge in [0.1, 0.15) is 0 Å². The minimum absolute atomic E-state index is 0.0581. The third-order valence-electron chi connectivity index (χ3n) is 2.65. The van der Waals surface area contributed by atoms with Gasteiger partial charge < -0.3 is 0 Å². The molecule has 1 aromatic carbocycles. The zero-order valence-corrected chi connectivity index (χ0v) is 9.22. The Bertz CT molecular complexity index is 736. The Hall–Kier alpha value is -2.76. The maximum Gasteiger partial charge on any atom is 0.270 e. The quantitative estimate of drug-likeness (QED) is 0.509. The molecule has 0 amide bonds. The summed E-state index contributed by atoms with van der Waals surface area (Å²) in [4.78, 5) is 14.6. The van der Waals surface area contributed by atoms with Crippen LogP contribution in [0.1, 0.15) is 0 Å². The largest absolute Gasteiger partial charge is 0.270 e. The van der Waals surface area contributed by atoms with Crippen molar-refractivity contribution in [3.8, 4) is 11.1 Å². The molecule has 0 saturated carbocycles. The number of aromatic nitrogens is 3. The molecule has 2 heterocycles. The number of nitrogens with zero attached hydrogens (tertiary/aromatic N) is 4. The van der Waals surface area contributed by atoms with Gasteiger partial charge in [0.15, 0.2) is 5.65 Å². The first-order valence-electron chi connectivity index (χ1n) is 5.29. The molecule has 0 spiro atoms. The van der Waals surface area contributed by atoms with Crippen LogP contribution in [0.25, 0.3) is 16.8 Å². The summed E-state index contributed by atoms with van der Waals surface area (Å²) >= 11 is 0. The third kappa shape index (κ3) is 1.60. The molecule has 0 aliphatic carbocycles. The number of fused-ring (bicyclic) bond motifs is 1. The fourth-order valence-corrected chi connectivity index (χ4v) is 1.82. The van der Waals surface area contributed by atoms with Crippen LogP contribution in [0, 0.1) is 10.1 Å². The highest BCUT2D eigenvalue weighted by Crippen LogP contribution is 2.26. The van der Waals surface area contributed by atoms with Crippen LogP contribution in [0.3, 0.4) is 0 Å². The lowest BCUT2D eigenvalue weighted by Crippen LogP contribution is -1.89. The fraction of sp³-hybridized carbons (Fsp3) is 0. The molecular weight excluding hydrogens is 232 g/mol. The number of rotatable bonds is 2. The Balaban J connectivity index is 2.20. The third-order valence-corrected chi connectivity index (χ3v) is 2.65. The highest BCUT2D eigenvalue weighted by atomic mass is 16.6. The van der Waals surface area contributed by atoms with Gasteiger partial charge in [-0.25, -0.2) is 9.50 Å². The van der Waals surface area contributed by atoms with Crippen molar-refractivity contribution < 1.29 is 4.92 Å². The summed E-state index contributed by atoms with van der Waals surface area (Å²) in [6.45, 7) is 0. The molecule has 3 aromatic rings. The van der Waals surface area contributed by atoms with E-state index in [0.29, 0.717) is 5.65 Å². The van der Waals surface area contributed by atoms with Gasteiger partial charge in [0, 0.05) is 30.1 Å². The topological polar surface area (TPSA) is 73.3 Å². The summed E-state index contributed by atoms with van der Waals surface area (Å²) in [7, 11) is 0. The molecule has 88 valence electrons. The smallest absolute Gasteiger partial charge is 0.258 e. The van der Waals surface area contributed by atoms with Crippen molar-refractivity contribution in [2.75, 3.05) is 0 Å². The number of nitro benzene ring substituents is 1. The van der Waals surface area contributed by atoms with Gasteiger partial charge in [-0.1, -0.05) is 12.1 Å². The van der Waals surface area contributed by atoms with Crippen molar-refractivity contribution in [2.45, 2.75) is 0 Å². The maximum absolute atomic E-state index is 10.8. The van der Waals surface area contributed by atoms with Crippen molar-refractivity contribution in [3.05, 3.63) is 59.0 Å². The average molecular weight is 240 g/mol. The summed E-state index contributed by atoms with van der Waals surface area (Å²) in [6, 6.07) is 8.21. The van der Waals surface area contributed by atoms with E-state index in [9.17, 15) is 10.1 Å². The summed E-state index contributed by atoms with van der Waals surface area (Å²) < 4.78 is 1.63. The summed E-state index contributed by atoms with van der Waals surface area (Å²) in [5.41, 5.74) is 2.25. The maximum atomic E-state index is 10.8. The minimum atomic E-state index is -0.414. The van der Waals surface area contributed by atoms with Gasteiger partial charge >= 0.3 is 0 Å². The van der Waals surface area contributed by atoms with Crippen molar-refractivity contribution in [2.24, 2.45) is 0 Å². The number of non-ortho nitro benzene ring substituents is 1. The molecule has 18 heavy (non-hydrogen) atoms. The average Bonchev–Trinajstić information content (AvgIpc) is 2.82. The Morgan fingerprint density at radius 1 is 1.28 bits per heavy atom. The summed E-state index contributed by atoms with van der Waals surface area (Å²) in [5.74, 6) is 0. The molecule has 0 aliphatic heterocycles. The Labute approximate surface area is 102 Å². The molecule has 2 aromatic heterocycles. The normalized spacial score (nSPS) is 10.7. The second-order valence-electron chi connectivity index (χ2n) is 3.75. The first kappa shape index (κ1) is 10.4. The van der Waals surface area contributed by atoms with Gasteiger partial charge in [-0.2, -0.15) is 5.10 Å². The number of hydrogen-bond donors (Lipinski definition) is 0. The van der Waals surface area contributed by atoms with E-state index in [2.05, 4.69) is 10.1 Å². The van der Waals surface area contributed by atoms with E-state index < -0.39 is 4.92 Å². The van der Waals surface area contributed by atoms with E-state index in [4.69, 9.17) is 0 Å². The Kier molecular flexibility index (Phi) is 2.26. The van der Waals surface area contributed by atoms with Crippen LogP contribution in [0.2, 0.25) is 0 Å². The minimum Gasteiger partial charge on any atom is -0.258 e. The predicted molar refractivity (Wildman–Crippen MR) is 65.1 cm³/mol. The van der Waals surface area contributed by atoms with Gasteiger partial charge in [-0.15, -0.1) is 0 Å².